The molecule has 0 aliphatic carbocycles. The van der Waals surface area contributed by atoms with E-state index in [1.807, 2.05) is 0 Å². The van der Waals surface area contributed by atoms with Gasteiger partial charge >= 0.3 is 12.1 Å². The molecule has 2 N–H and O–H groups in total. The minimum absolute atomic E-state index is 0.0386. The molecule has 2 atom stereocenters. The predicted octanol–water partition coefficient (Wildman–Crippen LogP) is -0.160. The zero-order valence-corrected chi connectivity index (χ0v) is 10.6. The zero-order chi connectivity index (χ0) is 15.0. The predicted molar refractivity (Wildman–Crippen MR) is 59.9 cm³/mol. The summed E-state index contributed by atoms with van der Waals surface area (Å²) in [7, 11) is 0. The quantitative estimate of drug-likeness (QED) is 0.740. The number of amides is 1. The Morgan fingerprint density at radius 3 is 2.60 bits per heavy atom. The molecule has 2 fully saturated rings. The number of carbonyl (C=O) groups is 2. The summed E-state index contributed by atoms with van der Waals surface area (Å²) < 4.78 is 44.8. The third-order valence-corrected chi connectivity index (χ3v) is 3.78. The summed E-state index contributed by atoms with van der Waals surface area (Å²) in [6, 6.07) is -1.36. The largest absolute Gasteiger partial charge is 0.480 e. The maximum absolute atomic E-state index is 13.3. The summed E-state index contributed by atoms with van der Waals surface area (Å²) in [5, 5.41) is 11.6. The third kappa shape index (κ3) is 2.35. The average Bonchev–Trinajstić information content (AvgIpc) is 2.88. The van der Waals surface area contributed by atoms with Crippen molar-refractivity contribution in [2.24, 2.45) is 5.41 Å². The molecule has 1 amide bonds. The van der Waals surface area contributed by atoms with Crippen LogP contribution in [-0.2, 0) is 14.3 Å². The smallest absolute Gasteiger partial charge is 0.404 e. The van der Waals surface area contributed by atoms with Gasteiger partial charge in [-0.3, -0.25) is 4.79 Å². The summed E-state index contributed by atoms with van der Waals surface area (Å²) in [6.45, 7) is -0.834. The first-order valence-corrected chi connectivity index (χ1v) is 6.19. The van der Waals surface area contributed by atoms with E-state index in [9.17, 15) is 22.8 Å². The van der Waals surface area contributed by atoms with Gasteiger partial charge in [-0.15, -0.1) is 0 Å². The molecule has 6 nitrogen and oxygen atoms in total. The molecule has 0 aromatic carbocycles. The van der Waals surface area contributed by atoms with Crippen LogP contribution in [0.1, 0.15) is 6.42 Å². The van der Waals surface area contributed by atoms with Crippen LogP contribution in [0, 0.1) is 5.41 Å². The highest BCUT2D eigenvalue weighted by molar-refractivity contribution is 5.89. The van der Waals surface area contributed by atoms with E-state index in [2.05, 4.69) is 5.32 Å². The lowest BCUT2D eigenvalue weighted by Gasteiger charge is -2.39. The van der Waals surface area contributed by atoms with Gasteiger partial charge in [-0.25, -0.2) is 4.79 Å². The fraction of sp³-hybridized carbons (Fsp3) is 0.818. The molecule has 0 radical (unpaired) electrons. The number of morpholine rings is 1. The molecule has 0 aromatic heterocycles. The standard InChI is InChI=1S/C11H15F3N2O4/c12-11(13,14)10(1-2-15-6-10)9(19)16-3-4-20-5-7(16)8(17)18/h7,15H,1-6H2,(H,17,18). The molecule has 2 aliphatic heterocycles. The highest BCUT2D eigenvalue weighted by atomic mass is 19.4. The minimum atomic E-state index is -4.71. The van der Waals surface area contributed by atoms with Gasteiger partial charge in [0.05, 0.1) is 13.2 Å². The summed E-state index contributed by atoms with van der Waals surface area (Å²) >= 11 is 0. The number of hydrogen-bond donors (Lipinski definition) is 2. The first-order valence-electron chi connectivity index (χ1n) is 6.19. The van der Waals surface area contributed by atoms with Gasteiger partial charge in [0.25, 0.3) is 0 Å². The third-order valence-electron chi connectivity index (χ3n) is 3.78. The van der Waals surface area contributed by atoms with E-state index < -0.39 is 36.1 Å². The van der Waals surface area contributed by atoms with Gasteiger partial charge in [0, 0.05) is 13.1 Å². The van der Waals surface area contributed by atoms with Crippen molar-refractivity contribution in [3.8, 4) is 0 Å². The van der Waals surface area contributed by atoms with Crippen LogP contribution in [0.5, 0.6) is 0 Å². The van der Waals surface area contributed by atoms with Crippen molar-refractivity contribution in [3.63, 3.8) is 0 Å². The van der Waals surface area contributed by atoms with Gasteiger partial charge in [-0.2, -0.15) is 13.2 Å². The molecule has 0 saturated carbocycles. The number of hydrogen-bond acceptors (Lipinski definition) is 4. The molecule has 20 heavy (non-hydrogen) atoms. The Bertz CT molecular complexity index is 407. The molecule has 2 aliphatic rings. The molecule has 9 heteroatoms. The average molecular weight is 296 g/mol. The Labute approximate surface area is 112 Å². The Morgan fingerprint density at radius 2 is 2.10 bits per heavy atom. The van der Waals surface area contributed by atoms with E-state index in [1.54, 1.807) is 0 Å². The number of halogens is 3. The molecule has 0 bridgehead atoms. The SMILES string of the molecule is O=C(O)C1COCCN1C(=O)C1(C(F)(F)F)CCNC1. The summed E-state index contributed by atoms with van der Waals surface area (Å²) in [5.41, 5.74) is -2.53. The van der Waals surface area contributed by atoms with E-state index in [1.165, 1.54) is 0 Å². The summed E-state index contributed by atoms with van der Waals surface area (Å²) in [5.74, 6) is -2.54. The molecule has 114 valence electrons. The molecular formula is C11H15F3N2O4. The van der Waals surface area contributed by atoms with Crippen molar-refractivity contribution in [2.75, 3.05) is 32.8 Å². The second-order valence-electron chi connectivity index (χ2n) is 4.93. The van der Waals surface area contributed by atoms with E-state index in [0.29, 0.717) is 0 Å². The Morgan fingerprint density at radius 1 is 1.40 bits per heavy atom. The Balaban J connectivity index is 2.29. The Kier molecular flexibility index (Phi) is 3.92. The van der Waals surface area contributed by atoms with Crippen molar-refractivity contribution in [3.05, 3.63) is 0 Å². The number of nitrogens with zero attached hydrogens (tertiary/aromatic N) is 1. The van der Waals surface area contributed by atoms with Gasteiger partial charge in [-0.05, 0) is 13.0 Å². The fourth-order valence-corrected chi connectivity index (χ4v) is 2.56. The number of alkyl halides is 3. The first-order chi connectivity index (χ1) is 9.29. The number of aliphatic carboxylic acids is 1. The Hall–Kier alpha value is -1.35. The lowest BCUT2D eigenvalue weighted by Crippen LogP contribution is -2.60. The number of carboxylic acids is 1. The highest BCUT2D eigenvalue weighted by Gasteiger charge is 2.63. The van der Waals surface area contributed by atoms with Gasteiger partial charge in [0.2, 0.25) is 5.91 Å². The molecule has 2 saturated heterocycles. The number of ether oxygens (including phenoxy) is 1. The van der Waals surface area contributed by atoms with Gasteiger partial charge in [-0.1, -0.05) is 0 Å². The van der Waals surface area contributed by atoms with Gasteiger partial charge in [0.15, 0.2) is 11.5 Å². The first kappa shape index (κ1) is 15.0. The number of nitrogens with one attached hydrogen (secondary N) is 1. The second-order valence-corrected chi connectivity index (χ2v) is 4.93. The summed E-state index contributed by atoms with van der Waals surface area (Å²) in [4.78, 5) is 24.2. The number of carbonyl (C=O) groups excluding carboxylic acids is 1. The second kappa shape index (κ2) is 5.21. The van der Waals surface area contributed by atoms with Crippen LogP contribution in [0.4, 0.5) is 13.2 Å². The van der Waals surface area contributed by atoms with Crippen molar-refractivity contribution in [1.82, 2.24) is 10.2 Å². The lowest BCUT2D eigenvalue weighted by atomic mass is 9.84. The number of carboxylic acid groups (broad SMARTS) is 1. The van der Waals surface area contributed by atoms with Gasteiger partial charge in [0.1, 0.15) is 0 Å². The van der Waals surface area contributed by atoms with Crippen LogP contribution in [-0.4, -0.2) is 66.9 Å². The van der Waals surface area contributed by atoms with Crippen molar-refractivity contribution < 1.29 is 32.6 Å². The van der Waals surface area contributed by atoms with Crippen LogP contribution in [0.15, 0.2) is 0 Å². The number of rotatable bonds is 2. The molecule has 0 spiro atoms. The van der Waals surface area contributed by atoms with E-state index >= 15 is 0 Å². The normalized spacial score (nSPS) is 31.4. The van der Waals surface area contributed by atoms with Crippen LogP contribution >= 0.6 is 0 Å². The van der Waals surface area contributed by atoms with Crippen molar-refractivity contribution in [1.29, 1.82) is 0 Å². The van der Waals surface area contributed by atoms with Crippen molar-refractivity contribution >= 4 is 11.9 Å². The fourth-order valence-electron chi connectivity index (χ4n) is 2.56. The van der Waals surface area contributed by atoms with Gasteiger partial charge < -0.3 is 20.1 Å². The van der Waals surface area contributed by atoms with Crippen LogP contribution in [0.2, 0.25) is 0 Å². The molecule has 0 aromatic rings. The zero-order valence-electron chi connectivity index (χ0n) is 10.6. The maximum atomic E-state index is 13.3. The van der Waals surface area contributed by atoms with Crippen LogP contribution < -0.4 is 5.32 Å². The van der Waals surface area contributed by atoms with E-state index in [4.69, 9.17) is 9.84 Å². The molecular weight excluding hydrogens is 281 g/mol. The lowest BCUT2D eigenvalue weighted by molar-refractivity contribution is -0.225. The monoisotopic (exact) mass is 296 g/mol. The summed E-state index contributed by atoms with van der Waals surface area (Å²) in [6.07, 6.45) is -5.09. The van der Waals surface area contributed by atoms with E-state index in [0.717, 1.165) is 4.90 Å². The molecule has 2 heterocycles. The maximum Gasteiger partial charge on any atom is 0.404 e. The van der Waals surface area contributed by atoms with Crippen molar-refractivity contribution in [2.45, 2.75) is 18.6 Å². The van der Waals surface area contributed by atoms with Crippen LogP contribution in [0.3, 0.4) is 0 Å². The molecule has 2 unspecified atom stereocenters. The van der Waals surface area contributed by atoms with E-state index in [-0.39, 0.29) is 32.7 Å². The molecule has 2 rings (SSSR count). The van der Waals surface area contributed by atoms with Crippen LogP contribution in [0.25, 0.3) is 0 Å². The highest BCUT2D eigenvalue weighted by Crippen LogP contribution is 2.44. The topological polar surface area (TPSA) is 78.9 Å². The minimum Gasteiger partial charge on any atom is -0.480 e.